The maximum absolute atomic E-state index is 13.9. The fourth-order valence-electron chi connectivity index (χ4n) is 9.59. The number of nitrogens with zero attached hydrogens (tertiary/aromatic N) is 5. The molecule has 2 atom stereocenters. The number of carbonyl (C=O) groups is 2. The van der Waals surface area contributed by atoms with E-state index in [1.54, 1.807) is 17.7 Å². The van der Waals surface area contributed by atoms with Gasteiger partial charge in [-0.2, -0.15) is 0 Å². The minimum atomic E-state index is -0.204. The van der Waals surface area contributed by atoms with Crippen LogP contribution in [0.25, 0.3) is 16.6 Å². The van der Waals surface area contributed by atoms with Crippen LogP contribution in [0.5, 0.6) is 17.2 Å². The van der Waals surface area contributed by atoms with E-state index in [0.717, 1.165) is 42.4 Å². The summed E-state index contributed by atoms with van der Waals surface area (Å²) in [4.78, 5) is 51.4. The van der Waals surface area contributed by atoms with Crippen LogP contribution in [0.15, 0.2) is 95.8 Å². The normalized spacial score (nSPS) is 18.6. The molecule has 2 bridgehead atoms. The lowest BCUT2D eigenvalue weighted by Crippen LogP contribution is -2.54. The second-order valence-corrected chi connectivity index (χ2v) is 17.7. The number of amides is 1. The number of benzene rings is 4. The molecule has 0 aliphatic carbocycles. The molecule has 4 heterocycles. The van der Waals surface area contributed by atoms with Crippen LogP contribution in [-0.4, -0.2) is 134 Å². The van der Waals surface area contributed by atoms with E-state index in [1.165, 1.54) is 6.42 Å². The minimum absolute atomic E-state index is 0.0559. The number of aromatic nitrogens is 2. The van der Waals surface area contributed by atoms with Gasteiger partial charge in [-0.3, -0.25) is 28.8 Å². The molecule has 362 valence electrons. The second-order valence-electron chi connectivity index (χ2n) is 17.7. The van der Waals surface area contributed by atoms with E-state index >= 15 is 0 Å². The van der Waals surface area contributed by atoms with Crippen LogP contribution in [0.2, 0.25) is 0 Å². The van der Waals surface area contributed by atoms with E-state index in [0.29, 0.717) is 131 Å². The van der Waals surface area contributed by atoms with Gasteiger partial charge in [0.15, 0.2) is 6.61 Å². The van der Waals surface area contributed by atoms with E-state index in [-0.39, 0.29) is 36.6 Å². The van der Waals surface area contributed by atoms with Crippen molar-refractivity contribution in [3.05, 3.63) is 124 Å². The molecule has 15 heteroatoms. The average molecular weight is 932 g/mol. The van der Waals surface area contributed by atoms with Gasteiger partial charge in [0.25, 0.3) is 11.5 Å². The highest BCUT2D eigenvalue weighted by Gasteiger charge is 2.39. The first-order valence-corrected chi connectivity index (χ1v) is 24.0. The summed E-state index contributed by atoms with van der Waals surface area (Å²) in [5.41, 5.74) is 4.09. The number of rotatable bonds is 22. The molecular weight excluding hydrogens is 867 g/mol. The summed E-state index contributed by atoms with van der Waals surface area (Å²) >= 11 is 0. The maximum Gasteiger partial charge on any atom is 0.310 e. The Kier molecular flexibility index (Phi) is 17.1. The van der Waals surface area contributed by atoms with Crippen molar-refractivity contribution in [1.29, 1.82) is 0 Å². The predicted molar refractivity (Wildman–Crippen MR) is 257 cm³/mol. The van der Waals surface area contributed by atoms with Crippen LogP contribution in [0.4, 0.5) is 0 Å². The van der Waals surface area contributed by atoms with Gasteiger partial charge in [0, 0.05) is 56.7 Å². The zero-order valence-electron chi connectivity index (χ0n) is 39.6. The van der Waals surface area contributed by atoms with Gasteiger partial charge in [0.05, 0.1) is 83.0 Å². The lowest BCUT2D eigenvalue weighted by Gasteiger charge is -2.48. The predicted octanol–water partition coefficient (Wildman–Crippen LogP) is 6.50. The van der Waals surface area contributed by atoms with Crippen molar-refractivity contribution in [2.45, 2.75) is 83.7 Å². The first kappa shape index (κ1) is 48.6. The molecule has 3 fully saturated rings. The quantitative estimate of drug-likeness (QED) is 0.0551. The number of ether oxygens (including phenoxy) is 7. The second kappa shape index (κ2) is 23.9. The Bertz CT molecular complexity index is 2490. The summed E-state index contributed by atoms with van der Waals surface area (Å²) < 4.78 is 42.6. The number of hydrogen-bond donors (Lipinski definition) is 0. The third-order valence-corrected chi connectivity index (χ3v) is 13.0. The van der Waals surface area contributed by atoms with Crippen LogP contribution in [0.1, 0.15) is 61.5 Å². The van der Waals surface area contributed by atoms with Crippen molar-refractivity contribution in [3.63, 3.8) is 0 Å². The lowest BCUT2D eigenvalue weighted by molar-refractivity contribution is -0.157. The molecular formula is C53H65N5O10. The molecule has 3 aliphatic rings. The lowest BCUT2D eigenvalue weighted by atomic mass is 9.83. The molecule has 8 rings (SSSR count). The average Bonchev–Trinajstić information content (AvgIpc) is 3.34. The third kappa shape index (κ3) is 12.6. The van der Waals surface area contributed by atoms with Crippen molar-refractivity contribution in [1.82, 2.24) is 24.3 Å². The first-order valence-electron chi connectivity index (χ1n) is 24.0. The molecule has 3 saturated heterocycles. The SMILES string of the molecule is CCOc1ccccc1-n1c(CN2CCN(C(=O)COc3ccc(COCCOCCOCN4C5CCCC4CC(OC(=O)Cc4cc(C)ccc4OC)C5)cc3)CC2)nc2ccccc2c1=O. The van der Waals surface area contributed by atoms with E-state index < -0.39 is 0 Å². The standard InChI is InChI=1S/C53H65N5O10/c1-4-66-49-15-8-7-14-47(49)58-50(54-46-13-6-5-12-45(46)53(58)61)34-55-22-24-56(25-23-55)51(59)36-67-43-19-17-39(18-20-43)35-64-28-26-63-27-29-65-37-57-41-10-9-11-42(57)33-44(32-41)68-52(60)31-40-30-38(2)16-21-48(40)62-3/h5-8,12-21,30,41-42,44H,4,9-11,22-29,31-37H2,1-3H3. The van der Waals surface area contributed by atoms with E-state index in [1.807, 2.05) is 104 Å². The fraction of sp³-hybridized carbons (Fsp3) is 0.472. The van der Waals surface area contributed by atoms with Crippen LogP contribution in [-0.2, 0) is 48.1 Å². The molecule has 2 unspecified atom stereocenters. The number of esters is 1. The zero-order valence-corrected chi connectivity index (χ0v) is 39.6. The summed E-state index contributed by atoms with van der Waals surface area (Å²) in [6.45, 7) is 9.98. The van der Waals surface area contributed by atoms with Gasteiger partial charge in [0.2, 0.25) is 0 Å². The maximum atomic E-state index is 13.9. The Morgan fingerprint density at radius 1 is 0.779 bits per heavy atom. The number of carbonyl (C=O) groups excluding carboxylic acids is 2. The van der Waals surface area contributed by atoms with Crippen LogP contribution in [0, 0.1) is 6.92 Å². The zero-order chi connectivity index (χ0) is 47.2. The third-order valence-electron chi connectivity index (χ3n) is 13.0. The highest BCUT2D eigenvalue weighted by molar-refractivity contribution is 5.79. The highest BCUT2D eigenvalue weighted by Crippen LogP contribution is 2.35. The molecule has 68 heavy (non-hydrogen) atoms. The van der Waals surface area contributed by atoms with Gasteiger partial charge in [-0.05, 0) is 74.7 Å². The van der Waals surface area contributed by atoms with Gasteiger partial charge in [-0.1, -0.05) is 60.5 Å². The Hall–Kier alpha value is -5.84. The van der Waals surface area contributed by atoms with Crippen molar-refractivity contribution < 1.29 is 42.7 Å². The highest BCUT2D eigenvalue weighted by atomic mass is 16.6. The Morgan fingerprint density at radius 3 is 2.26 bits per heavy atom. The topological polar surface area (TPSA) is 143 Å². The van der Waals surface area contributed by atoms with Crippen molar-refractivity contribution in [3.8, 4) is 22.9 Å². The number of fused-ring (bicyclic) bond motifs is 3. The van der Waals surface area contributed by atoms with Crippen LogP contribution < -0.4 is 19.8 Å². The molecule has 0 N–H and O–H groups in total. The molecule has 0 radical (unpaired) electrons. The fourth-order valence-corrected chi connectivity index (χ4v) is 9.59. The first-order chi connectivity index (χ1) is 33.3. The molecule has 3 aliphatic heterocycles. The molecule has 4 aromatic carbocycles. The summed E-state index contributed by atoms with van der Waals surface area (Å²) in [6.07, 6.45) is 5.12. The number of methoxy groups -OCH3 is 1. The number of hydrogen-bond acceptors (Lipinski definition) is 13. The van der Waals surface area contributed by atoms with Crippen molar-refractivity contribution in [2.24, 2.45) is 0 Å². The number of para-hydroxylation sites is 3. The van der Waals surface area contributed by atoms with Gasteiger partial charge in [0.1, 0.15) is 29.2 Å². The molecule has 1 aromatic heterocycles. The largest absolute Gasteiger partial charge is 0.496 e. The summed E-state index contributed by atoms with van der Waals surface area (Å²) in [5.74, 6) is 2.29. The summed E-state index contributed by atoms with van der Waals surface area (Å²) in [7, 11) is 1.62. The molecule has 1 amide bonds. The van der Waals surface area contributed by atoms with E-state index in [2.05, 4.69) is 9.80 Å². The summed E-state index contributed by atoms with van der Waals surface area (Å²) in [6, 6.07) is 29.0. The van der Waals surface area contributed by atoms with E-state index in [4.69, 9.17) is 38.1 Å². The van der Waals surface area contributed by atoms with Crippen LogP contribution >= 0.6 is 0 Å². The van der Waals surface area contributed by atoms with Gasteiger partial charge in [-0.15, -0.1) is 0 Å². The molecule has 15 nitrogen and oxygen atoms in total. The van der Waals surface area contributed by atoms with Gasteiger partial charge in [-0.25, -0.2) is 4.98 Å². The minimum Gasteiger partial charge on any atom is -0.496 e. The van der Waals surface area contributed by atoms with Crippen molar-refractivity contribution in [2.75, 3.05) is 79.7 Å². The number of piperidine rings is 2. The molecule has 0 saturated carbocycles. The van der Waals surface area contributed by atoms with E-state index in [9.17, 15) is 14.4 Å². The molecule has 0 spiro atoms. The smallest absolute Gasteiger partial charge is 0.310 e. The summed E-state index contributed by atoms with van der Waals surface area (Å²) in [5, 5.41) is 0.544. The van der Waals surface area contributed by atoms with Crippen molar-refractivity contribution >= 4 is 22.8 Å². The number of piperazine rings is 1. The Balaban J connectivity index is 0.690. The molecule has 5 aromatic rings. The Labute approximate surface area is 398 Å². The van der Waals surface area contributed by atoms with Crippen LogP contribution in [0.3, 0.4) is 0 Å². The number of aryl methyl sites for hydroxylation is 1. The van der Waals surface area contributed by atoms with Gasteiger partial charge >= 0.3 is 5.97 Å². The van der Waals surface area contributed by atoms with Gasteiger partial charge < -0.3 is 38.1 Å². The monoisotopic (exact) mass is 931 g/mol. The Morgan fingerprint density at radius 2 is 1.50 bits per heavy atom.